The third-order valence-electron chi connectivity index (χ3n) is 3.86. The number of carbonyl (C=O) groups is 1. The molecule has 1 aromatic heterocycles. The molecule has 1 amide bonds. The number of ether oxygens (including phenoxy) is 2. The highest BCUT2D eigenvalue weighted by atomic mass is 32.1. The van der Waals surface area contributed by atoms with Gasteiger partial charge >= 0.3 is 0 Å². The summed E-state index contributed by atoms with van der Waals surface area (Å²) < 4.78 is 10.5. The average Bonchev–Trinajstić information content (AvgIpc) is 2.90. The Hall–Kier alpha value is -2.08. The minimum Gasteiger partial charge on any atom is -0.497 e. The molecule has 0 saturated carbocycles. The molecule has 2 rings (SSSR count). The molecule has 0 radical (unpaired) electrons. The number of benzene rings is 1. The Balaban J connectivity index is 2.30. The maximum atomic E-state index is 12.8. The summed E-state index contributed by atoms with van der Waals surface area (Å²) in [7, 11) is 4.93. The molecule has 1 aromatic carbocycles. The lowest BCUT2D eigenvalue weighted by molar-refractivity contribution is 0.0741. The molecule has 0 saturated heterocycles. The highest BCUT2D eigenvalue weighted by molar-refractivity contribution is 7.11. The normalized spacial score (nSPS) is 11.9. The molecule has 5 nitrogen and oxygen atoms in total. The van der Waals surface area contributed by atoms with Crippen molar-refractivity contribution in [1.82, 2.24) is 9.88 Å². The lowest BCUT2D eigenvalue weighted by Crippen LogP contribution is -2.29. The first-order chi connectivity index (χ1) is 10.9. The van der Waals surface area contributed by atoms with E-state index in [1.807, 2.05) is 20.8 Å². The molecule has 124 valence electrons. The number of aromatic nitrogens is 1. The molecular formula is C17H22N2O3S. The van der Waals surface area contributed by atoms with Crippen molar-refractivity contribution >= 4 is 17.2 Å². The number of thiazole rings is 1. The van der Waals surface area contributed by atoms with E-state index in [4.69, 9.17) is 9.47 Å². The van der Waals surface area contributed by atoms with E-state index >= 15 is 0 Å². The molecule has 1 unspecified atom stereocenters. The van der Waals surface area contributed by atoms with E-state index in [-0.39, 0.29) is 11.9 Å². The number of carbonyl (C=O) groups excluding carboxylic acids is 1. The van der Waals surface area contributed by atoms with Crippen LogP contribution in [0.2, 0.25) is 0 Å². The predicted octanol–water partition coefficient (Wildman–Crippen LogP) is 3.61. The zero-order valence-corrected chi connectivity index (χ0v) is 15.2. The van der Waals surface area contributed by atoms with Crippen molar-refractivity contribution in [3.8, 4) is 11.5 Å². The summed E-state index contributed by atoms with van der Waals surface area (Å²) in [6.45, 7) is 5.96. The molecule has 2 aromatic rings. The molecule has 0 aliphatic heterocycles. The molecule has 0 fully saturated rings. The van der Waals surface area contributed by atoms with Crippen LogP contribution in [0.4, 0.5) is 0 Å². The fourth-order valence-electron chi connectivity index (χ4n) is 2.45. The van der Waals surface area contributed by atoms with Crippen LogP contribution < -0.4 is 9.47 Å². The summed E-state index contributed by atoms with van der Waals surface area (Å²) in [6.07, 6.45) is 0. The van der Waals surface area contributed by atoms with Crippen molar-refractivity contribution in [2.24, 2.45) is 0 Å². The van der Waals surface area contributed by atoms with Gasteiger partial charge in [-0.2, -0.15) is 0 Å². The SMILES string of the molecule is COc1ccc(C(=O)N(C)C(C)c2sc(C)nc2C)c(OC)c1. The molecule has 0 aliphatic carbocycles. The van der Waals surface area contributed by atoms with Crippen LogP contribution in [-0.4, -0.2) is 37.1 Å². The van der Waals surface area contributed by atoms with Crippen LogP contribution in [0.25, 0.3) is 0 Å². The van der Waals surface area contributed by atoms with Gasteiger partial charge in [0.2, 0.25) is 0 Å². The van der Waals surface area contributed by atoms with Gasteiger partial charge in [-0.1, -0.05) is 0 Å². The number of nitrogens with zero attached hydrogens (tertiary/aromatic N) is 2. The maximum absolute atomic E-state index is 12.8. The van der Waals surface area contributed by atoms with Crippen LogP contribution in [0.1, 0.15) is 38.9 Å². The van der Waals surface area contributed by atoms with E-state index in [1.165, 1.54) is 0 Å². The third kappa shape index (κ3) is 3.47. The van der Waals surface area contributed by atoms with Gasteiger partial charge in [0.25, 0.3) is 5.91 Å². The van der Waals surface area contributed by atoms with Gasteiger partial charge in [-0.05, 0) is 32.9 Å². The number of methoxy groups -OCH3 is 2. The van der Waals surface area contributed by atoms with Crippen LogP contribution in [0.15, 0.2) is 18.2 Å². The quantitative estimate of drug-likeness (QED) is 0.838. The van der Waals surface area contributed by atoms with Crippen LogP contribution in [0, 0.1) is 13.8 Å². The van der Waals surface area contributed by atoms with Gasteiger partial charge in [0.1, 0.15) is 11.5 Å². The first-order valence-corrected chi connectivity index (χ1v) is 8.13. The maximum Gasteiger partial charge on any atom is 0.257 e. The van der Waals surface area contributed by atoms with Crippen LogP contribution in [0.5, 0.6) is 11.5 Å². The van der Waals surface area contributed by atoms with Crippen molar-refractivity contribution in [3.63, 3.8) is 0 Å². The van der Waals surface area contributed by atoms with Crippen LogP contribution in [0.3, 0.4) is 0 Å². The molecule has 23 heavy (non-hydrogen) atoms. The topological polar surface area (TPSA) is 51.7 Å². The Labute approximate surface area is 140 Å². The summed E-state index contributed by atoms with van der Waals surface area (Å²) >= 11 is 1.62. The summed E-state index contributed by atoms with van der Waals surface area (Å²) in [5.41, 5.74) is 1.49. The Morgan fingerprint density at radius 3 is 2.48 bits per heavy atom. The lowest BCUT2D eigenvalue weighted by Gasteiger charge is -2.25. The standard InChI is InChI=1S/C17H22N2O3S/c1-10-16(23-12(3)18-10)11(2)19(4)17(20)14-8-7-13(21-5)9-15(14)22-6/h7-9,11H,1-6H3. The zero-order valence-electron chi connectivity index (χ0n) is 14.3. The first kappa shape index (κ1) is 17.3. The average molecular weight is 334 g/mol. The second kappa shape index (κ2) is 7.00. The summed E-state index contributed by atoms with van der Waals surface area (Å²) in [5, 5.41) is 1.01. The van der Waals surface area contributed by atoms with E-state index in [0.29, 0.717) is 17.1 Å². The highest BCUT2D eigenvalue weighted by Gasteiger charge is 2.24. The Morgan fingerprint density at radius 1 is 1.26 bits per heavy atom. The van der Waals surface area contributed by atoms with E-state index in [2.05, 4.69) is 4.98 Å². The third-order valence-corrected chi connectivity index (χ3v) is 5.10. The van der Waals surface area contributed by atoms with E-state index in [0.717, 1.165) is 15.6 Å². The number of amides is 1. The zero-order chi connectivity index (χ0) is 17.1. The summed E-state index contributed by atoms with van der Waals surface area (Å²) in [6, 6.07) is 5.15. The van der Waals surface area contributed by atoms with Gasteiger partial charge in [0.05, 0.1) is 36.5 Å². The summed E-state index contributed by atoms with van der Waals surface area (Å²) in [4.78, 5) is 20.1. The lowest BCUT2D eigenvalue weighted by atomic mass is 10.1. The first-order valence-electron chi connectivity index (χ1n) is 7.32. The Kier molecular flexibility index (Phi) is 5.26. The minimum atomic E-state index is -0.0949. The molecule has 0 N–H and O–H groups in total. The summed E-state index contributed by atoms with van der Waals surface area (Å²) in [5.74, 6) is 1.07. The van der Waals surface area contributed by atoms with E-state index in [9.17, 15) is 4.79 Å². The molecular weight excluding hydrogens is 312 g/mol. The highest BCUT2D eigenvalue weighted by Crippen LogP contribution is 2.31. The minimum absolute atomic E-state index is 0.0551. The second-order valence-corrected chi connectivity index (χ2v) is 6.58. The Morgan fingerprint density at radius 2 is 1.96 bits per heavy atom. The molecule has 1 heterocycles. The van der Waals surface area contributed by atoms with Gasteiger partial charge in [0, 0.05) is 18.0 Å². The van der Waals surface area contributed by atoms with Gasteiger partial charge in [0.15, 0.2) is 0 Å². The molecule has 0 spiro atoms. The van der Waals surface area contributed by atoms with Crippen LogP contribution >= 0.6 is 11.3 Å². The number of aryl methyl sites for hydroxylation is 2. The fraction of sp³-hybridized carbons (Fsp3) is 0.412. The fourth-order valence-corrected chi connectivity index (χ4v) is 3.47. The van der Waals surface area contributed by atoms with Crippen LogP contribution in [-0.2, 0) is 0 Å². The number of hydrogen-bond donors (Lipinski definition) is 0. The predicted molar refractivity (Wildman–Crippen MR) is 91.6 cm³/mol. The number of hydrogen-bond acceptors (Lipinski definition) is 5. The van der Waals surface area contributed by atoms with Crippen molar-refractivity contribution in [2.75, 3.05) is 21.3 Å². The van der Waals surface area contributed by atoms with Crippen molar-refractivity contribution in [1.29, 1.82) is 0 Å². The van der Waals surface area contributed by atoms with Gasteiger partial charge < -0.3 is 14.4 Å². The van der Waals surface area contributed by atoms with E-state index < -0.39 is 0 Å². The molecule has 6 heteroatoms. The van der Waals surface area contributed by atoms with Gasteiger partial charge in [-0.25, -0.2) is 4.98 Å². The van der Waals surface area contributed by atoms with E-state index in [1.54, 1.807) is 55.7 Å². The Bertz CT molecular complexity index is 712. The molecule has 0 aliphatic rings. The second-order valence-electron chi connectivity index (χ2n) is 5.34. The van der Waals surface area contributed by atoms with Crippen molar-refractivity contribution in [3.05, 3.63) is 39.3 Å². The molecule has 1 atom stereocenters. The van der Waals surface area contributed by atoms with Crippen molar-refractivity contribution in [2.45, 2.75) is 26.8 Å². The van der Waals surface area contributed by atoms with Crippen molar-refractivity contribution < 1.29 is 14.3 Å². The van der Waals surface area contributed by atoms with Gasteiger partial charge in [-0.15, -0.1) is 11.3 Å². The molecule has 0 bridgehead atoms. The number of rotatable bonds is 5. The van der Waals surface area contributed by atoms with Gasteiger partial charge in [-0.3, -0.25) is 4.79 Å². The largest absolute Gasteiger partial charge is 0.497 e. The monoisotopic (exact) mass is 334 g/mol. The smallest absolute Gasteiger partial charge is 0.257 e.